The number of nitrogens with one attached hydrogen (secondary N) is 2. The lowest BCUT2D eigenvalue weighted by atomic mass is 10.0. The number of amides is 2. The molecule has 0 atom stereocenters. The number of likely N-dealkylation sites (N-methyl/N-ethyl adjacent to an activating group) is 1. The van der Waals surface area contributed by atoms with Crippen LogP contribution in [0.1, 0.15) is 23.2 Å². The van der Waals surface area contributed by atoms with Gasteiger partial charge in [-0.2, -0.15) is 18.3 Å². The van der Waals surface area contributed by atoms with E-state index in [9.17, 15) is 22.8 Å². The number of anilines is 4. The molecule has 2 fully saturated rings. The van der Waals surface area contributed by atoms with Crippen molar-refractivity contribution in [2.45, 2.75) is 25.1 Å². The fraction of sp³-hybridized carbons (Fsp3) is 0.440. The number of hydrogen-bond acceptors (Lipinski definition) is 8. The molecule has 2 aliphatic heterocycles. The summed E-state index contributed by atoms with van der Waals surface area (Å²) < 4.78 is 47.8. The summed E-state index contributed by atoms with van der Waals surface area (Å²) in [6.45, 7) is 3.26. The smallest absolute Gasteiger partial charge is 0.383 e. The van der Waals surface area contributed by atoms with Gasteiger partial charge >= 0.3 is 12.1 Å². The van der Waals surface area contributed by atoms with Crippen LogP contribution in [0.3, 0.4) is 0 Å². The highest BCUT2D eigenvalue weighted by Gasteiger charge is 2.46. The normalized spacial score (nSPS) is 17.3. The third kappa shape index (κ3) is 5.81. The van der Waals surface area contributed by atoms with Crippen LogP contribution < -0.4 is 20.9 Å². The Balaban J connectivity index is 1.58. The van der Waals surface area contributed by atoms with E-state index in [1.807, 2.05) is 34.5 Å². The number of carbonyl (C=O) groups is 2. The van der Waals surface area contributed by atoms with Gasteiger partial charge in [-0.15, -0.1) is 0 Å². The molecule has 0 bridgehead atoms. The van der Waals surface area contributed by atoms with Crippen molar-refractivity contribution in [3.8, 4) is 0 Å². The standard InChI is InChI=1S/C25H28F3IN8O3/c1-35-6-8-36(9-7-35)15-2-3-16(23(38)32-22-17-13-18(29)20(30)31-21(17)33-34-22)19(12-15)37(24(39)25(26,27)28)14-4-10-40-11-5-14/h2-3,12-14H,4-11H2,1H3,(H4,30,31,32,33,34,38). The lowest BCUT2D eigenvalue weighted by Crippen LogP contribution is -2.50. The molecule has 0 unspecified atom stereocenters. The Labute approximate surface area is 241 Å². The molecule has 2 amide bonds. The molecule has 0 aliphatic carbocycles. The number of hydrogen-bond donors (Lipinski definition) is 3. The van der Waals surface area contributed by atoms with E-state index in [-0.39, 0.29) is 48.9 Å². The predicted molar refractivity (Wildman–Crippen MR) is 153 cm³/mol. The number of piperazine rings is 1. The number of H-pyrrole nitrogens is 1. The van der Waals surface area contributed by atoms with Gasteiger partial charge in [-0.3, -0.25) is 14.7 Å². The van der Waals surface area contributed by atoms with Crippen molar-refractivity contribution in [1.82, 2.24) is 20.1 Å². The Hall–Kier alpha value is -3.18. The van der Waals surface area contributed by atoms with Crippen LogP contribution in [0.25, 0.3) is 11.0 Å². The van der Waals surface area contributed by atoms with Crippen molar-refractivity contribution in [2.24, 2.45) is 0 Å². The van der Waals surface area contributed by atoms with Crippen molar-refractivity contribution in [1.29, 1.82) is 0 Å². The van der Waals surface area contributed by atoms with Crippen molar-refractivity contribution in [2.75, 3.05) is 67.3 Å². The third-order valence-corrected chi connectivity index (χ3v) is 8.00. The van der Waals surface area contributed by atoms with Crippen LogP contribution in [-0.4, -0.2) is 90.6 Å². The van der Waals surface area contributed by atoms with E-state index in [0.29, 0.717) is 33.4 Å². The maximum atomic E-state index is 14.0. The quantitative estimate of drug-likeness (QED) is 0.353. The molecule has 214 valence electrons. The number of alkyl halides is 3. The molecule has 0 spiro atoms. The van der Waals surface area contributed by atoms with Gasteiger partial charge < -0.3 is 30.5 Å². The second-order valence-corrected chi connectivity index (χ2v) is 10.9. The molecule has 15 heteroatoms. The number of rotatable bonds is 5. The number of pyridine rings is 1. The molecule has 4 N–H and O–H groups in total. The number of benzene rings is 1. The Kier molecular flexibility index (Phi) is 8.05. The maximum absolute atomic E-state index is 14.0. The van der Waals surface area contributed by atoms with Crippen LogP contribution in [-0.2, 0) is 9.53 Å². The summed E-state index contributed by atoms with van der Waals surface area (Å²) in [5.41, 5.74) is 6.63. The molecule has 1 aromatic carbocycles. The summed E-state index contributed by atoms with van der Waals surface area (Å²) in [7, 11) is 1.99. The number of aromatic nitrogens is 3. The lowest BCUT2D eigenvalue weighted by molar-refractivity contribution is -0.171. The van der Waals surface area contributed by atoms with Gasteiger partial charge in [-0.25, -0.2) is 4.98 Å². The summed E-state index contributed by atoms with van der Waals surface area (Å²) >= 11 is 2.00. The predicted octanol–water partition coefficient (Wildman–Crippen LogP) is 3.22. The van der Waals surface area contributed by atoms with Crippen LogP contribution in [0.4, 0.5) is 36.2 Å². The van der Waals surface area contributed by atoms with Gasteiger partial charge in [0.1, 0.15) is 5.82 Å². The zero-order chi connectivity index (χ0) is 28.6. The van der Waals surface area contributed by atoms with Gasteiger partial charge in [0.05, 0.1) is 20.2 Å². The zero-order valence-electron chi connectivity index (χ0n) is 21.6. The topological polar surface area (TPSA) is 133 Å². The highest BCUT2D eigenvalue weighted by molar-refractivity contribution is 14.1. The van der Waals surface area contributed by atoms with Gasteiger partial charge in [-0.05, 0) is 66.7 Å². The number of nitrogen functional groups attached to an aromatic ring is 1. The monoisotopic (exact) mass is 672 g/mol. The first-order chi connectivity index (χ1) is 19.0. The summed E-state index contributed by atoms with van der Waals surface area (Å²) in [6, 6.07) is 5.56. The zero-order valence-corrected chi connectivity index (χ0v) is 23.8. The van der Waals surface area contributed by atoms with Crippen LogP contribution >= 0.6 is 22.6 Å². The Morgan fingerprint density at radius 3 is 2.55 bits per heavy atom. The Morgan fingerprint density at radius 1 is 1.18 bits per heavy atom. The molecule has 0 radical (unpaired) electrons. The molecule has 0 saturated carbocycles. The molecule has 2 aliphatic rings. The second kappa shape index (κ2) is 11.4. The van der Waals surface area contributed by atoms with Crippen LogP contribution in [0.5, 0.6) is 0 Å². The van der Waals surface area contributed by atoms with Gasteiger partial charge in [0, 0.05) is 51.1 Å². The third-order valence-electron chi connectivity index (χ3n) is 7.13. The summed E-state index contributed by atoms with van der Waals surface area (Å²) in [5, 5.41) is 9.97. The van der Waals surface area contributed by atoms with E-state index in [2.05, 4.69) is 25.4 Å². The Morgan fingerprint density at radius 2 is 1.88 bits per heavy atom. The molecule has 2 saturated heterocycles. The minimum absolute atomic E-state index is 0.0868. The minimum atomic E-state index is -5.14. The van der Waals surface area contributed by atoms with E-state index in [4.69, 9.17) is 10.5 Å². The molecular formula is C25H28F3IN8O3. The molecule has 2 aromatic heterocycles. The number of fused-ring (bicyclic) bond motifs is 1. The highest BCUT2D eigenvalue weighted by Crippen LogP contribution is 2.35. The number of ether oxygens (including phenoxy) is 1. The van der Waals surface area contributed by atoms with Gasteiger partial charge in [0.15, 0.2) is 11.5 Å². The van der Waals surface area contributed by atoms with Gasteiger partial charge in [0.2, 0.25) is 0 Å². The lowest BCUT2D eigenvalue weighted by Gasteiger charge is -2.37. The summed E-state index contributed by atoms with van der Waals surface area (Å²) in [6.07, 6.45) is -4.73. The van der Waals surface area contributed by atoms with E-state index >= 15 is 0 Å². The first kappa shape index (κ1) is 28.4. The molecule has 40 heavy (non-hydrogen) atoms. The second-order valence-electron chi connectivity index (χ2n) is 9.79. The van der Waals surface area contributed by atoms with E-state index in [1.165, 1.54) is 12.1 Å². The van der Waals surface area contributed by atoms with Crippen molar-refractivity contribution < 1.29 is 27.5 Å². The number of nitrogens with two attached hydrogens (primary N) is 1. The SMILES string of the molecule is CN1CCN(c2ccc(C(=O)Nc3n[nH]c4nc(N)c(I)cc34)c(N(C(=O)C(F)(F)F)C3CCOCC3)c2)CC1. The van der Waals surface area contributed by atoms with Crippen LogP contribution in [0.2, 0.25) is 0 Å². The Bertz CT molecular complexity index is 1420. The number of carbonyl (C=O) groups excluding carboxylic acids is 2. The van der Waals surface area contributed by atoms with Crippen molar-refractivity contribution >= 4 is 68.4 Å². The number of aromatic amines is 1. The average molecular weight is 672 g/mol. The van der Waals surface area contributed by atoms with E-state index < -0.39 is 24.0 Å². The summed E-state index contributed by atoms with van der Waals surface area (Å²) in [4.78, 5) is 35.7. The summed E-state index contributed by atoms with van der Waals surface area (Å²) in [5.74, 6) is -2.32. The number of nitrogens with zero attached hydrogens (tertiary/aromatic N) is 5. The molecule has 3 aromatic rings. The fourth-order valence-corrected chi connectivity index (χ4v) is 5.36. The first-order valence-corrected chi connectivity index (χ1v) is 13.8. The largest absolute Gasteiger partial charge is 0.471 e. The minimum Gasteiger partial charge on any atom is -0.383 e. The van der Waals surface area contributed by atoms with Crippen LogP contribution in [0.15, 0.2) is 24.3 Å². The molecule has 5 rings (SSSR count). The maximum Gasteiger partial charge on any atom is 0.471 e. The molecule has 11 nitrogen and oxygen atoms in total. The fourth-order valence-electron chi connectivity index (χ4n) is 4.93. The molecule has 4 heterocycles. The van der Waals surface area contributed by atoms with E-state index in [0.717, 1.165) is 18.0 Å². The van der Waals surface area contributed by atoms with Gasteiger partial charge in [0.25, 0.3) is 5.91 Å². The average Bonchev–Trinajstić information content (AvgIpc) is 3.30. The van der Waals surface area contributed by atoms with Crippen molar-refractivity contribution in [3.05, 3.63) is 33.4 Å². The first-order valence-electron chi connectivity index (χ1n) is 12.7. The van der Waals surface area contributed by atoms with E-state index in [1.54, 1.807) is 12.1 Å². The molecular weight excluding hydrogens is 644 g/mol. The van der Waals surface area contributed by atoms with Crippen LogP contribution in [0, 0.1) is 3.57 Å². The highest BCUT2D eigenvalue weighted by atomic mass is 127. The van der Waals surface area contributed by atoms with Gasteiger partial charge in [-0.1, -0.05) is 0 Å². The number of halogens is 4. The van der Waals surface area contributed by atoms with Crippen molar-refractivity contribution in [3.63, 3.8) is 0 Å².